The van der Waals surface area contributed by atoms with Crippen LogP contribution in [-0.2, 0) is 6.54 Å². The van der Waals surface area contributed by atoms with Crippen molar-refractivity contribution >= 4 is 5.84 Å². The molecule has 18 heavy (non-hydrogen) atoms. The fourth-order valence-electron chi connectivity index (χ4n) is 2.42. The monoisotopic (exact) mass is 247 g/mol. The Bertz CT molecular complexity index is 394. The van der Waals surface area contributed by atoms with E-state index in [4.69, 9.17) is 10.9 Å². The summed E-state index contributed by atoms with van der Waals surface area (Å²) in [5.74, 6) is 0.154. The van der Waals surface area contributed by atoms with Gasteiger partial charge in [-0.2, -0.15) is 0 Å². The molecule has 1 aromatic rings. The van der Waals surface area contributed by atoms with E-state index < -0.39 is 0 Å². The van der Waals surface area contributed by atoms with Crippen LogP contribution in [0.25, 0.3) is 0 Å². The molecule has 0 unspecified atom stereocenters. The van der Waals surface area contributed by atoms with Gasteiger partial charge in [0.15, 0.2) is 5.84 Å². The quantitative estimate of drug-likeness (QED) is 0.330. The second-order valence-corrected chi connectivity index (χ2v) is 4.90. The third-order valence-corrected chi connectivity index (χ3v) is 3.56. The summed E-state index contributed by atoms with van der Waals surface area (Å²) in [5.41, 5.74) is 7.50. The summed E-state index contributed by atoms with van der Waals surface area (Å²) in [7, 11) is 0. The van der Waals surface area contributed by atoms with E-state index in [0.29, 0.717) is 6.04 Å². The molecule has 0 bridgehead atoms. The summed E-state index contributed by atoms with van der Waals surface area (Å²) >= 11 is 0. The number of amidine groups is 1. The lowest BCUT2D eigenvalue weighted by atomic mass is 9.95. The zero-order valence-corrected chi connectivity index (χ0v) is 10.6. The Balaban J connectivity index is 1.86. The van der Waals surface area contributed by atoms with Crippen molar-refractivity contribution in [2.24, 2.45) is 10.9 Å². The van der Waals surface area contributed by atoms with Gasteiger partial charge in [0.25, 0.3) is 0 Å². The highest BCUT2D eigenvalue weighted by atomic mass is 16.4. The highest BCUT2D eigenvalue weighted by Gasteiger charge is 2.12. The Morgan fingerprint density at radius 3 is 2.50 bits per heavy atom. The molecule has 1 aromatic carbocycles. The lowest BCUT2D eigenvalue weighted by molar-refractivity contribution is 0.318. The molecule has 0 saturated heterocycles. The van der Waals surface area contributed by atoms with Gasteiger partial charge in [-0.1, -0.05) is 48.7 Å². The molecule has 0 aliphatic heterocycles. The number of nitrogens with two attached hydrogens (primary N) is 1. The first kappa shape index (κ1) is 12.9. The molecular weight excluding hydrogens is 226 g/mol. The van der Waals surface area contributed by atoms with E-state index in [9.17, 15) is 0 Å². The standard InChI is InChI=1S/C14H21N3O/c15-14(17-18)12-8-6-11(7-9-12)10-16-13-4-2-1-3-5-13/h6-9,13,16,18H,1-5,10H2,(H2,15,17). The van der Waals surface area contributed by atoms with E-state index in [1.54, 1.807) is 0 Å². The topological polar surface area (TPSA) is 70.6 Å². The normalized spacial score (nSPS) is 17.9. The second-order valence-electron chi connectivity index (χ2n) is 4.90. The lowest BCUT2D eigenvalue weighted by Gasteiger charge is -2.22. The predicted octanol–water partition coefficient (Wildman–Crippen LogP) is 2.20. The lowest BCUT2D eigenvalue weighted by Crippen LogP contribution is -2.30. The highest BCUT2D eigenvalue weighted by Crippen LogP contribution is 2.17. The van der Waals surface area contributed by atoms with Crippen LogP contribution in [0.4, 0.5) is 0 Å². The SMILES string of the molecule is NC(=NO)c1ccc(CNC2CCCCC2)cc1. The molecule has 0 heterocycles. The van der Waals surface area contributed by atoms with Crippen LogP contribution in [0.3, 0.4) is 0 Å². The van der Waals surface area contributed by atoms with Crippen molar-refractivity contribution in [3.8, 4) is 0 Å². The molecule has 0 atom stereocenters. The van der Waals surface area contributed by atoms with E-state index in [1.165, 1.54) is 37.7 Å². The van der Waals surface area contributed by atoms with Crippen molar-refractivity contribution in [3.05, 3.63) is 35.4 Å². The van der Waals surface area contributed by atoms with Crippen LogP contribution in [0.1, 0.15) is 43.2 Å². The van der Waals surface area contributed by atoms with Crippen LogP contribution < -0.4 is 11.1 Å². The smallest absolute Gasteiger partial charge is 0.170 e. The van der Waals surface area contributed by atoms with Crippen LogP contribution in [0.5, 0.6) is 0 Å². The molecule has 0 amide bonds. The highest BCUT2D eigenvalue weighted by molar-refractivity contribution is 5.96. The van der Waals surface area contributed by atoms with Gasteiger partial charge in [0.05, 0.1) is 0 Å². The van der Waals surface area contributed by atoms with Crippen molar-refractivity contribution in [2.45, 2.75) is 44.7 Å². The number of nitrogens with one attached hydrogen (secondary N) is 1. The second kappa shape index (κ2) is 6.40. The summed E-state index contributed by atoms with van der Waals surface area (Å²) in [6, 6.07) is 8.47. The summed E-state index contributed by atoms with van der Waals surface area (Å²) in [4.78, 5) is 0. The molecule has 1 aliphatic carbocycles. The van der Waals surface area contributed by atoms with Gasteiger partial charge < -0.3 is 16.3 Å². The minimum absolute atomic E-state index is 0.154. The Labute approximate surface area is 108 Å². The van der Waals surface area contributed by atoms with E-state index >= 15 is 0 Å². The number of hydrogen-bond acceptors (Lipinski definition) is 3. The average Bonchev–Trinajstić information content (AvgIpc) is 2.46. The minimum atomic E-state index is 0.154. The maximum Gasteiger partial charge on any atom is 0.170 e. The van der Waals surface area contributed by atoms with Crippen LogP contribution >= 0.6 is 0 Å². The summed E-state index contributed by atoms with van der Waals surface area (Å²) < 4.78 is 0. The van der Waals surface area contributed by atoms with Crippen molar-refractivity contribution in [3.63, 3.8) is 0 Å². The van der Waals surface area contributed by atoms with Gasteiger partial charge in [-0.15, -0.1) is 0 Å². The Morgan fingerprint density at radius 1 is 1.22 bits per heavy atom. The number of nitrogens with zero attached hydrogens (tertiary/aromatic N) is 1. The molecule has 0 radical (unpaired) electrons. The average molecular weight is 247 g/mol. The molecule has 1 fully saturated rings. The van der Waals surface area contributed by atoms with E-state index in [0.717, 1.165) is 12.1 Å². The number of benzene rings is 1. The number of oxime groups is 1. The van der Waals surface area contributed by atoms with E-state index in [1.807, 2.05) is 24.3 Å². The van der Waals surface area contributed by atoms with Crippen LogP contribution in [0, 0.1) is 0 Å². The van der Waals surface area contributed by atoms with Crippen LogP contribution in [0.2, 0.25) is 0 Å². The maximum atomic E-state index is 8.58. The molecule has 98 valence electrons. The Morgan fingerprint density at radius 2 is 1.89 bits per heavy atom. The molecule has 4 nitrogen and oxygen atoms in total. The van der Waals surface area contributed by atoms with Gasteiger partial charge >= 0.3 is 0 Å². The van der Waals surface area contributed by atoms with Crippen molar-refractivity contribution < 1.29 is 5.21 Å². The third kappa shape index (κ3) is 3.47. The molecule has 2 rings (SSSR count). The molecule has 4 N–H and O–H groups in total. The van der Waals surface area contributed by atoms with Gasteiger partial charge in [-0.25, -0.2) is 0 Å². The molecule has 4 heteroatoms. The predicted molar refractivity (Wildman–Crippen MR) is 72.7 cm³/mol. The van der Waals surface area contributed by atoms with Gasteiger partial charge in [-0.3, -0.25) is 0 Å². The first-order chi connectivity index (χ1) is 8.79. The fourth-order valence-corrected chi connectivity index (χ4v) is 2.42. The van der Waals surface area contributed by atoms with Gasteiger partial charge in [0, 0.05) is 18.2 Å². The first-order valence-electron chi connectivity index (χ1n) is 6.60. The molecule has 1 saturated carbocycles. The zero-order valence-electron chi connectivity index (χ0n) is 10.6. The Hall–Kier alpha value is -1.55. The molecule has 0 aromatic heterocycles. The van der Waals surface area contributed by atoms with Crippen LogP contribution in [-0.4, -0.2) is 17.1 Å². The minimum Gasteiger partial charge on any atom is -0.409 e. The summed E-state index contributed by atoms with van der Waals surface area (Å²) in [6.07, 6.45) is 6.66. The van der Waals surface area contributed by atoms with E-state index in [2.05, 4.69) is 10.5 Å². The van der Waals surface area contributed by atoms with Crippen molar-refractivity contribution in [1.29, 1.82) is 0 Å². The largest absolute Gasteiger partial charge is 0.409 e. The molecule has 0 spiro atoms. The van der Waals surface area contributed by atoms with Gasteiger partial charge in [-0.05, 0) is 18.4 Å². The van der Waals surface area contributed by atoms with Gasteiger partial charge in [0.2, 0.25) is 0 Å². The molecule has 1 aliphatic rings. The third-order valence-electron chi connectivity index (χ3n) is 3.56. The van der Waals surface area contributed by atoms with Crippen molar-refractivity contribution in [1.82, 2.24) is 5.32 Å². The Kier molecular flexibility index (Phi) is 4.59. The number of rotatable bonds is 4. The maximum absolute atomic E-state index is 8.58. The summed E-state index contributed by atoms with van der Waals surface area (Å²) in [6.45, 7) is 0.890. The van der Waals surface area contributed by atoms with Crippen LogP contribution in [0.15, 0.2) is 29.4 Å². The van der Waals surface area contributed by atoms with Gasteiger partial charge in [0.1, 0.15) is 0 Å². The van der Waals surface area contributed by atoms with E-state index in [-0.39, 0.29) is 5.84 Å². The molecular formula is C14H21N3O. The first-order valence-corrected chi connectivity index (χ1v) is 6.60. The number of hydrogen-bond donors (Lipinski definition) is 3. The summed E-state index contributed by atoms with van der Waals surface area (Å²) in [5, 5.41) is 15.2. The fraction of sp³-hybridized carbons (Fsp3) is 0.500. The van der Waals surface area contributed by atoms with Crippen molar-refractivity contribution in [2.75, 3.05) is 0 Å². The zero-order chi connectivity index (χ0) is 12.8.